The molecule has 0 bridgehead atoms. The van der Waals surface area contributed by atoms with Crippen LogP contribution in [0, 0.1) is 0 Å². The zero-order valence-electron chi connectivity index (χ0n) is 10.7. The monoisotopic (exact) mass is 277 g/mol. The second-order valence-electron chi connectivity index (χ2n) is 4.54. The molecule has 3 rings (SSSR count). The summed E-state index contributed by atoms with van der Waals surface area (Å²) < 4.78 is 6.45. The number of esters is 1. The Labute approximate surface area is 115 Å². The Kier molecular flexibility index (Phi) is 3.42. The molecule has 2 aromatic heterocycles. The number of fused-ring (bicyclic) bond motifs is 1. The minimum absolute atomic E-state index is 0.372. The predicted octanol–water partition coefficient (Wildman–Crippen LogP) is 2.13. The number of ether oxygens (including phenoxy) is 1. The quantitative estimate of drug-likeness (QED) is 0.787. The van der Waals surface area contributed by atoms with E-state index in [1.165, 1.54) is 7.11 Å². The van der Waals surface area contributed by atoms with E-state index in [9.17, 15) is 4.79 Å². The molecule has 0 spiro atoms. The number of carbonyl (C=O) groups excluding carboxylic acids is 1. The molecule has 1 aliphatic rings. The van der Waals surface area contributed by atoms with E-state index in [4.69, 9.17) is 4.74 Å². The van der Waals surface area contributed by atoms with Crippen LogP contribution in [0.1, 0.15) is 34.9 Å². The van der Waals surface area contributed by atoms with Crippen LogP contribution in [-0.2, 0) is 4.74 Å². The van der Waals surface area contributed by atoms with Gasteiger partial charge in [0, 0.05) is 12.1 Å². The van der Waals surface area contributed by atoms with E-state index in [2.05, 4.69) is 10.1 Å². The zero-order valence-corrected chi connectivity index (χ0v) is 11.5. The minimum atomic E-state index is -0.372. The van der Waals surface area contributed by atoms with Gasteiger partial charge in [-0.1, -0.05) is 0 Å². The number of aromatic nitrogens is 3. The number of rotatable bonds is 2. The molecule has 6 heteroatoms. The Bertz CT molecular complexity index is 605. The molecule has 100 valence electrons. The molecule has 0 saturated carbocycles. The first kappa shape index (κ1) is 12.5. The Morgan fingerprint density at radius 3 is 3.00 bits per heavy atom. The fourth-order valence-corrected chi connectivity index (χ4v) is 3.43. The number of pyridine rings is 1. The average Bonchev–Trinajstić information content (AvgIpc) is 2.91. The van der Waals surface area contributed by atoms with Gasteiger partial charge in [-0.05, 0) is 36.5 Å². The van der Waals surface area contributed by atoms with Gasteiger partial charge in [0.15, 0.2) is 11.5 Å². The standard InChI is InChI=1S/C13H15N3O2S/c1-18-13(17)10-3-2-6-16-12(10)14-11(15-16)9-4-7-19-8-5-9/h2-3,6,9H,4-5,7-8H2,1H3. The molecule has 0 radical (unpaired) electrons. The van der Waals surface area contributed by atoms with Gasteiger partial charge in [0.2, 0.25) is 0 Å². The molecule has 1 aliphatic heterocycles. The summed E-state index contributed by atoms with van der Waals surface area (Å²) >= 11 is 1.98. The lowest BCUT2D eigenvalue weighted by atomic mass is 10.0. The van der Waals surface area contributed by atoms with Crippen molar-refractivity contribution in [3.8, 4) is 0 Å². The van der Waals surface area contributed by atoms with Gasteiger partial charge in [0.1, 0.15) is 5.56 Å². The number of carbonyl (C=O) groups is 1. The molecule has 0 atom stereocenters. The smallest absolute Gasteiger partial charge is 0.341 e. The summed E-state index contributed by atoms with van der Waals surface area (Å²) in [5, 5.41) is 4.50. The first-order chi connectivity index (χ1) is 9.29. The van der Waals surface area contributed by atoms with Crippen molar-refractivity contribution in [1.29, 1.82) is 0 Å². The van der Waals surface area contributed by atoms with E-state index in [0.29, 0.717) is 17.1 Å². The Hall–Kier alpha value is -1.56. The van der Waals surface area contributed by atoms with Crippen molar-refractivity contribution >= 4 is 23.4 Å². The zero-order chi connectivity index (χ0) is 13.2. The molecular formula is C13H15N3O2S. The molecular weight excluding hydrogens is 262 g/mol. The first-order valence-electron chi connectivity index (χ1n) is 6.31. The van der Waals surface area contributed by atoms with Crippen molar-refractivity contribution in [1.82, 2.24) is 14.6 Å². The van der Waals surface area contributed by atoms with Gasteiger partial charge in [-0.25, -0.2) is 14.3 Å². The summed E-state index contributed by atoms with van der Waals surface area (Å²) in [5.74, 6) is 3.20. The lowest BCUT2D eigenvalue weighted by molar-refractivity contribution is 0.0602. The fraction of sp³-hybridized carbons (Fsp3) is 0.462. The average molecular weight is 277 g/mol. The predicted molar refractivity (Wildman–Crippen MR) is 73.6 cm³/mol. The van der Waals surface area contributed by atoms with E-state index < -0.39 is 0 Å². The topological polar surface area (TPSA) is 56.5 Å². The molecule has 0 amide bonds. The van der Waals surface area contributed by atoms with Gasteiger partial charge in [0.05, 0.1) is 7.11 Å². The second-order valence-corrected chi connectivity index (χ2v) is 5.76. The van der Waals surface area contributed by atoms with E-state index in [-0.39, 0.29) is 5.97 Å². The van der Waals surface area contributed by atoms with Crippen molar-refractivity contribution in [3.05, 3.63) is 29.7 Å². The Morgan fingerprint density at radius 1 is 1.47 bits per heavy atom. The van der Waals surface area contributed by atoms with E-state index in [1.54, 1.807) is 16.6 Å². The lowest BCUT2D eigenvalue weighted by Crippen LogP contribution is -2.09. The molecule has 1 fully saturated rings. The first-order valence-corrected chi connectivity index (χ1v) is 7.46. The number of hydrogen-bond acceptors (Lipinski definition) is 5. The Balaban J connectivity index is 2.02. The van der Waals surface area contributed by atoms with Crippen molar-refractivity contribution in [2.75, 3.05) is 18.6 Å². The lowest BCUT2D eigenvalue weighted by Gasteiger charge is -2.17. The molecule has 2 aromatic rings. The van der Waals surface area contributed by atoms with Crippen LogP contribution in [0.2, 0.25) is 0 Å². The maximum absolute atomic E-state index is 11.7. The molecule has 0 aromatic carbocycles. The minimum Gasteiger partial charge on any atom is -0.465 e. The third-order valence-corrected chi connectivity index (χ3v) is 4.42. The summed E-state index contributed by atoms with van der Waals surface area (Å²) in [6, 6.07) is 3.50. The van der Waals surface area contributed by atoms with Gasteiger partial charge in [-0.3, -0.25) is 0 Å². The van der Waals surface area contributed by atoms with Crippen LogP contribution in [0.5, 0.6) is 0 Å². The fourth-order valence-electron chi connectivity index (χ4n) is 2.32. The van der Waals surface area contributed by atoms with Crippen LogP contribution in [0.25, 0.3) is 5.65 Å². The largest absolute Gasteiger partial charge is 0.465 e. The summed E-state index contributed by atoms with van der Waals surface area (Å²) in [6.45, 7) is 0. The highest BCUT2D eigenvalue weighted by molar-refractivity contribution is 7.99. The van der Waals surface area contributed by atoms with Gasteiger partial charge < -0.3 is 4.74 Å². The van der Waals surface area contributed by atoms with Crippen LogP contribution in [0.3, 0.4) is 0 Å². The molecule has 0 unspecified atom stereocenters. The maximum Gasteiger partial charge on any atom is 0.341 e. The van der Waals surface area contributed by atoms with Crippen molar-refractivity contribution in [3.63, 3.8) is 0 Å². The number of nitrogens with zero attached hydrogens (tertiary/aromatic N) is 3. The number of methoxy groups -OCH3 is 1. The van der Waals surface area contributed by atoms with E-state index in [1.807, 2.05) is 18.0 Å². The maximum atomic E-state index is 11.7. The highest BCUT2D eigenvalue weighted by Gasteiger charge is 2.22. The van der Waals surface area contributed by atoms with Crippen molar-refractivity contribution < 1.29 is 9.53 Å². The van der Waals surface area contributed by atoms with Gasteiger partial charge in [-0.15, -0.1) is 0 Å². The van der Waals surface area contributed by atoms with Crippen LogP contribution in [0.15, 0.2) is 18.3 Å². The highest BCUT2D eigenvalue weighted by Crippen LogP contribution is 2.30. The van der Waals surface area contributed by atoms with Crippen LogP contribution in [0.4, 0.5) is 0 Å². The molecule has 0 aliphatic carbocycles. The summed E-state index contributed by atoms with van der Waals surface area (Å²) in [6.07, 6.45) is 4.03. The Morgan fingerprint density at radius 2 is 2.26 bits per heavy atom. The van der Waals surface area contributed by atoms with Crippen LogP contribution in [-0.4, -0.2) is 39.2 Å². The van der Waals surface area contributed by atoms with Gasteiger partial charge >= 0.3 is 5.97 Å². The summed E-state index contributed by atoms with van der Waals surface area (Å²) in [7, 11) is 1.38. The second kappa shape index (κ2) is 5.21. The van der Waals surface area contributed by atoms with Gasteiger partial charge in [0.25, 0.3) is 0 Å². The molecule has 19 heavy (non-hydrogen) atoms. The molecule has 0 N–H and O–H groups in total. The summed E-state index contributed by atoms with van der Waals surface area (Å²) in [5.41, 5.74) is 1.05. The molecule has 5 nitrogen and oxygen atoms in total. The summed E-state index contributed by atoms with van der Waals surface area (Å²) in [4.78, 5) is 16.3. The highest BCUT2D eigenvalue weighted by atomic mass is 32.2. The third-order valence-electron chi connectivity index (χ3n) is 3.37. The molecule has 3 heterocycles. The molecule has 1 saturated heterocycles. The van der Waals surface area contributed by atoms with E-state index >= 15 is 0 Å². The van der Waals surface area contributed by atoms with Gasteiger partial charge in [-0.2, -0.15) is 16.9 Å². The normalized spacial score (nSPS) is 16.7. The van der Waals surface area contributed by atoms with E-state index in [0.717, 1.165) is 30.2 Å². The third kappa shape index (κ3) is 2.32. The van der Waals surface area contributed by atoms with Crippen LogP contribution < -0.4 is 0 Å². The SMILES string of the molecule is COC(=O)c1cccn2nc(C3CCSCC3)nc12. The van der Waals surface area contributed by atoms with Crippen molar-refractivity contribution in [2.45, 2.75) is 18.8 Å². The number of hydrogen-bond donors (Lipinski definition) is 0. The van der Waals surface area contributed by atoms with Crippen molar-refractivity contribution in [2.24, 2.45) is 0 Å². The van der Waals surface area contributed by atoms with Crippen LogP contribution >= 0.6 is 11.8 Å². The number of thioether (sulfide) groups is 1.